The summed E-state index contributed by atoms with van der Waals surface area (Å²) in [6, 6.07) is 6.68. The molecule has 1 atom stereocenters. The number of hydrogen-bond acceptors (Lipinski definition) is 4. The van der Waals surface area contributed by atoms with E-state index in [1.165, 1.54) is 0 Å². The molecule has 7 heteroatoms. The van der Waals surface area contributed by atoms with Crippen LogP contribution in [0, 0.1) is 0 Å². The molecule has 0 aliphatic carbocycles. The average Bonchev–Trinajstić information content (AvgIpc) is 2.06. The van der Waals surface area contributed by atoms with Crippen molar-refractivity contribution in [2.24, 2.45) is 0 Å². The fraction of sp³-hybridized carbons (Fsp3) is 0.143. The predicted molar refractivity (Wildman–Crippen MR) is 56.2 cm³/mol. The van der Waals surface area contributed by atoms with Gasteiger partial charge in [0.15, 0.2) is 0 Å². The summed E-state index contributed by atoms with van der Waals surface area (Å²) >= 11 is 9.82. The van der Waals surface area contributed by atoms with Crippen LogP contribution in [0.2, 0.25) is 5.02 Å². The van der Waals surface area contributed by atoms with E-state index in [-0.39, 0.29) is 0 Å². The maximum Gasteiger partial charge on any atom is 0.269 e. The van der Waals surface area contributed by atoms with Crippen molar-refractivity contribution in [2.75, 3.05) is 6.79 Å². The Bertz CT molecular complexity index is 404. The van der Waals surface area contributed by atoms with Gasteiger partial charge >= 0.3 is 0 Å². The highest BCUT2D eigenvalue weighted by molar-refractivity contribution is 8.27. The quantitative estimate of drug-likeness (QED) is 0.831. The molecule has 1 aromatic carbocycles. The zero-order valence-corrected chi connectivity index (χ0v) is 9.27. The van der Waals surface area contributed by atoms with Crippen LogP contribution in [-0.4, -0.2) is 15.6 Å². The first-order valence-electron chi connectivity index (χ1n) is 3.48. The van der Waals surface area contributed by atoms with Crippen molar-refractivity contribution in [2.45, 2.75) is 0 Å². The van der Waals surface area contributed by atoms with Gasteiger partial charge in [-0.2, -0.15) is 4.21 Å². The van der Waals surface area contributed by atoms with Crippen molar-refractivity contribution in [3.8, 4) is 5.75 Å². The summed E-state index contributed by atoms with van der Waals surface area (Å²) in [5.41, 5.74) is 0. The minimum Gasteiger partial charge on any atom is -0.465 e. The van der Waals surface area contributed by atoms with Crippen molar-refractivity contribution in [3.05, 3.63) is 29.3 Å². The molecule has 0 fully saturated rings. The first kappa shape index (κ1) is 11.7. The lowest BCUT2D eigenvalue weighted by molar-refractivity contribution is 0.122. The monoisotopic (exact) mass is 254 g/mol. The Kier molecular flexibility index (Phi) is 4.09. The molecular formula is C7H7ClO4S2. The van der Waals surface area contributed by atoms with Crippen LogP contribution < -0.4 is 4.74 Å². The van der Waals surface area contributed by atoms with Crippen LogP contribution in [0.15, 0.2) is 24.3 Å². The van der Waals surface area contributed by atoms with Gasteiger partial charge in [-0.25, -0.2) is 4.18 Å². The second-order valence-electron chi connectivity index (χ2n) is 2.24. The smallest absolute Gasteiger partial charge is 0.269 e. The lowest BCUT2D eigenvalue weighted by Gasteiger charge is -2.06. The first-order chi connectivity index (χ1) is 6.49. The van der Waals surface area contributed by atoms with Gasteiger partial charge in [-0.05, 0) is 12.1 Å². The molecule has 1 aromatic rings. The fourth-order valence-corrected chi connectivity index (χ4v) is 1.19. The van der Waals surface area contributed by atoms with E-state index in [1.807, 2.05) is 0 Å². The molecule has 0 aliphatic heterocycles. The molecule has 1 rings (SSSR count). The highest BCUT2D eigenvalue weighted by atomic mass is 35.5. The summed E-state index contributed by atoms with van der Waals surface area (Å²) < 4.78 is 28.3. The molecule has 0 heterocycles. The topological polar surface area (TPSA) is 55.8 Å². The van der Waals surface area contributed by atoms with Gasteiger partial charge in [-0.3, -0.25) is 4.55 Å². The van der Waals surface area contributed by atoms with Gasteiger partial charge < -0.3 is 4.74 Å². The summed E-state index contributed by atoms with van der Waals surface area (Å²) in [6.45, 7) is -0.414. The van der Waals surface area contributed by atoms with E-state index in [0.717, 1.165) is 0 Å². The molecule has 4 nitrogen and oxygen atoms in total. The Morgan fingerprint density at radius 1 is 1.50 bits per heavy atom. The third-order valence-electron chi connectivity index (χ3n) is 1.25. The van der Waals surface area contributed by atoms with Gasteiger partial charge in [0, 0.05) is 11.2 Å². The molecular weight excluding hydrogens is 248 g/mol. The van der Waals surface area contributed by atoms with Crippen molar-refractivity contribution in [1.82, 2.24) is 0 Å². The second kappa shape index (κ2) is 4.90. The van der Waals surface area contributed by atoms with E-state index in [0.29, 0.717) is 10.8 Å². The fourth-order valence-electron chi connectivity index (χ4n) is 0.710. The zero-order valence-electron chi connectivity index (χ0n) is 6.88. The number of hydrogen-bond donors (Lipinski definition) is 1. The highest BCUT2D eigenvalue weighted by Gasteiger charge is 2.02. The molecule has 0 radical (unpaired) electrons. The van der Waals surface area contributed by atoms with Gasteiger partial charge in [0.1, 0.15) is 5.75 Å². The van der Waals surface area contributed by atoms with Gasteiger partial charge in [0.05, 0.1) is 5.02 Å². The van der Waals surface area contributed by atoms with Gasteiger partial charge in [-0.1, -0.05) is 23.7 Å². The molecule has 78 valence electrons. The molecule has 0 aliphatic rings. The summed E-state index contributed by atoms with van der Waals surface area (Å²) in [7, 11) is -3.64. The van der Waals surface area contributed by atoms with Crippen molar-refractivity contribution in [3.63, 3.8) is 0 Å². The van der Waals surface area contributed by atoms with E-state index in [4.69, 9.17) is 20.9 Å². The molecule has 1 N–H and O–H groups in total. The van der Waals surface area contributed by atoms with Crippen molar-refractivity contribution >= 4 is 31.8 Å². The third kappa shape index (κ3) is 4.21. The van der Waals surface area contributed by atoms with Crippen LogP contribution >= 0.6 is 11.6 Å². The van der Waals surface area contributed by atoms with E-state index < -0.39 is 15.8 Å². The van der Waals surface area contributed by atoms with Gasteiger partial charge in [0.25, 0.3) is 9.05 Å². The maximum atomic E-state index is 10.5. The minimum absolute atomic E-state index is 0.368. The lowest BCUT2D eigenvalue weighted by atomic mass is 10.3. The summed E-state index contributed by atoms with van der Waals surface area (Å²) in [6.07, 6.45) is 0. The molecule has 0 aromatic heterocycles. The molecule has 14 heavy (non-hydrogen) atoms. The summed E-state index contributed by atoms with van der Waals surface area (Å²) in [4.78, 5) is 0. The molecule has 0 spiro atoms. The second-order valence-corrected chi connectivity index (χ2v) is 5.00. The Morgan fingerprint density at radius 2 is 2.14 bits per heavy atom. The van der Waals surface area contributed by atoms with E-state index in [2.05, 4.69) is 15.4 Å². The molecule has 0 bridgehead atoms. The molecule has 0 amide bonds. The maximum absolute atomic E-state index is 10.5. The first-order valence-corrected chi connectivity index (χ1v) is 6.22. The van der Waals surface area contributed by atoms with Crippen molar-refractivity contribution < 1.29 is 17.7 Å². The Labute approximate surface area is 91.5 Å². The third-order valence-corrected chi connectivity index (χ3v) is 2.24. The number of halogens is 1. The van der Waals surface area contributed by atoms with Crippen molar-refractivity contribution in [1.29, 1.82) is 0 Å². The van der Waals surface area contributed by atoms with Crippen LogP contribution in [0.4, 0.5) is 0 Å². The summed E-state index contributed by atoms with van der Waals surface area (Å²) in [5.74, 6) is 0.368. The molecule has 1 unspecified atom stereocenters. The average molecular weight is 255 g/mol. The number of ether oxygens (including phenoxy) is 1. The highest BCUT2D eigenvalue weighted by Crippen LogP contribution is 2.22. The largest absolute Gasteiger partial charge is 0.465 e. The zero-order chi connectivity index (χ0) is 10.6. The normalized spacial score (nSPS) is 14.7. The molecule has 0 saturated heterocycles. The Morgan fingerprint density at radius 3 is 2.71 bits per heavy atom. The van der Waals surface area contributed by atoms with Crippen LogP contribution in [0.5, 0.6) is 5.75 Å². The minimum atomic E-state index is -3.64. The SMILES string of the molecule is O=S(O)(=S)OCOc1ccccc1Cl. The number of rotatable bonds is 4. The number of benzene rings is 1. The van der Waals surface area contributed by atoms with E-state index in [9.17, 15) is 4.21 Å². The van der Waals surface area contributed by atoms with Crippen LogP contribution in [0.25, 0.3) is 0 Å². The predicted octanol–water partition coefficient (Wildman–Crippen LogP) is 1.83. The number of para-hydroxylation sites is 1. The molecule has 0 saturated carbocycles. The Balaban J connectivity index is 2.51. The van der Waals surface area contributed by atoms with E-state index in [1.54, 1.807) is 24.3 Å². The van der Waals surface area contributed by atoms with E-state index >= 15 is 0 Å². The summed E-state index contributed by atoms with van der Waals surface area (Å²) in [5, 5.41) is 0.393. The van der Waals surface area contributed by atoms with Gasteiger partial charge in [-0.15, -0.1) is 0 Å². The van der Waals surface area contributed by atoms with Crippen LogP contribution in [0.1, 0.15) is 0 Å². The lowest BCUT2D eigenvalue weighted by Crippen LogP contribution is -2.08. The Hall–Kier alpha value is -0.400. The standard InChI is InChI=1S/C7H7ClO4S2/c8-6-3-1-2-4-7(6)11-5-12-14(9,10)13/h1-4H,5H2,(H,9,10,13). The van der Waals surface area contributed by atoms with Crippen LogP contribution in [-0.2, 0) is 24.4 Å². The van der Waals surface area contributed by atoms with Crippen LogP contribution in [0.3, 0.4) is 0 Å². The van der Waals surface area contributed by atoms with Gasteiger partial charge in [0.2, 0.25) is 6.79 Å².